The molecule has 2 aliphatic heterocycles. The number of nitrogens with one attached hydrogen (secondary N) is 1. The third kappa shape index (κ3) is 2.64. The number of aryl methyl sites for hydroxylation is 2. The summed E-state index contributed by atoms with van der Waals surface area (Å²) in [6.07, 6.45) is 3.28. The number of ether oxygens (including phenoxy) is 1. The molecule has 1 aromatic rings. The first-order valence-electron chi connectivity index (χ1n) is 7.73. The Labute approximate surface area is 125 Å². The molecule has 3 rings (SSSR count). The second-order valence-corrected chi connectivity index (χ2v) is 6.09. The molecule has 1 N–H and O–H groups in total. The number of carbonyl (C=O) groups excluding carboxylic acids is 1. The second-order valence-electron chi connectivity index (χ2n) is 6.09. The highest BCUT2D eigenvalue weighted by molar-refractivity contribution is 5.79. The van der Waals surface area contributed by atoms with Crippen LogP contribution in [0.1, 0.15) is 30.7 Å². The summed E-state index contributed by atoms with van der Waals surface area (Å²) in [6, 6.07) is 0.724. The number of hydrogen-bond donors (Lipinski definition) is 1. The Kier molecular flexibility index (Phi) is 3.89. The van der Waals surface area contributed by atoms with Gasteiger partial charge in [0, 0.05) is 25.7 Å². The molecule has 6 heteroatoms. The molecule has 0 aromatic carbocycles. The fourth-order valence-corrected chi connectivity index (χ4v) is 3.56. The third-order valence-electron chi connectivity index (χ3n) is 4.72. The lowest BCUT2D eigenvalue weighted by Gasteiger charge is -2.27. The summed E-state index contributed by atoms with van der Waals surface area (Å²) in [5, 5.41) is 7.73. The number of nitrogens with zero attached hydrogens (tertiary/aromatic N) is 3. The van der Waals surface area contributed by atoms with Gasteiger partial charge in [-0.25, -0.2) is 0 Å². The summed E-state index contributed by atoms with van der Waals surface area (Å²) in [5.41, 5.74) is 1.80. The molecule has 2 aliphatic rings. The van der Waals surface area contributed by atoms with Crippen molar-refractivity contribution in [2.75, 3.05) is 19.7 Å². The molecule has 1 amide bonds. The largest absolute Gasteiger partial charge is 0.480 e. The third-order valence-corrected chi connectivity index (χ3v) is 4.72. The maximum atomic E-state index is 12.6. The van der Waals surface area contributed by atoms with Crippen LogP contribution in [0.5, 0.6) is 5.75 Å². The molecule has 6 nitrogen and oxygen atoms in total. The summed E-state index contributed by atoms with van der Waals surface area (Å²) >= 11 is 0. The zero-order valence-electron chi connectivity index (χ0n) is 13.1. The van der Waals surface area contributed by atoms with Gasteiger partial charge in [-0.2, -0.15) is 5.10 Å². The van der Waals surface area contributed by atoms with Crippen LogP contribution in [0.25, 0.3) is 0 Å². The molecule has 2 saturated heterocycles. The number of fused-ring (bicyclic) bond motifs is 2. The van der Waals surface area contributed by atoms with Gasteiger partial charge in [0.25, 0.3) is 5.91 Å². The highest BCUT2D eigenvalue weighted by Crippen LogP contribution is 2.28. The first-order chi connectivity index (χ1) is 10.1. The molecular weight excluding hydrogens is 268 g/mol. The Balaban J connectivity index is 1.66. The molecule has 3 heterocycles. The van der Waals surface area contributed by atoms with E-state index in [1.54, 1.807) is 4.68 Å². The molecule has 0 saturated carbocycles. The van der Waals surface area contributed by atoms with Gasteiger partial charge in [0.05, 0.1) is 5.69 Å². The highest BCUT2D eigenvalue weighted by Gasteiger charge is 2.38. The van der Waals surface area contributed by atoms with Gasteiger partial charge in [-0.3, -0.25) is 9.48 Å². The summed E-state index contributed by atoms with van der Waals surface area (Å²) in [4.78, 5) is 14.6. The molecule has 0 radical (unpaired) electrons. The smallest absolute Gasteiger partial charge is 0.261 e. The summed E-state index contributed by atoms with van der Waals surface area (Å²) in [7, 11) is 1.89. The van der Waals surface area contributed by atoms with Gasteiger partial charge in [-0.15, -0.1) is 0 Å². The van der Waals surface area contributed by atoms with Crippen molar-refractivity contribution in [3.63, 3.8) is 0 Å². The zero-order valence-corrected chi connectivity index (χ0v) is 13.1. The fourth-order valence-electron chi connectivity index (χ4n) is 3.56. The number of amides is 1. The lowest BCUT2D eigenvalue weighted by molar-refractivity contribution is -0.136. The molecule has 2 unspecified atom stereocenters. The lowest BCUT2D eigenvalue weighted by atomic mass is 10.1. The van der Waals surface area contributed by atoms with Gasteiger partial charge in [-0.1, -0.05) is 0 Å². The average Bonchev–Trinajstić information content (AvgIpc) is 2.83. The van der Waals surface area contributed by atoms with Gasteiger partial charge >= 0.3 is 0 Å². The van der Waals surface area contributed by atoms with Crippen molar-refractivity contribution >= 4 is 5.91 Å². The van der Waals surface area contributed by atoms with E-state index in [4.69, 9.17) is 4.74 Å². The Morgan fingerprint density at radius 2 is 2.10 bits per heavy atom. The van der Waals surface area contributed by atoms with E-state index in [2.05, 4.69) is 15.3 Å². The Hall–Kier alpha value is -1.56. The van der Waals surface area contributed by atoms with Crippen molar-refractivity contribution in [3.05, 3.63) is 11.4 Å². The lowest BCUT2D eigenvalue weighted by Crippen LogP contribution is -2.44. The first kappa shape index (κ1) is 14.4. The molecule has 2 atom stereocenters. The molecule has 2 fully saturated rings. The van der Waals surface area contributed by atoms with Crippen LogP contribution in [0.15, 0.2) is 0 Å². The summed E-state index contributed by atoms with van der Waals surface area (Å²) < 4.78 is 7.56. The van der Waals surface area contributed by atoms with Gasteiger partial charge in [0.1, 0.15) is 5.69 Å². The molecular formula is C15H24N4O2. The fraction of sp³-hybridized carbons (Fsp3) is 0.733. The maximum Gasteiger partial charge on any atom is 0.261 e. The summed E-state index contributed by atoms with van der Waals surface area (Å²) in [6.45, 7) is 5.89. The predicted molar refractivity (Wildman–Crippen MR) is 79.3 cm³/mol. The van der Waals surface area contributed by atoms with Crippen LogP contribution in [0.2, 0.25) is 0 Å². The molecule has 0 spiro atoms. The summed E-state index contributed by atoms with van der Waals surface area (Å²) in [5.74, 6) is 0.847. The first-order valence-corrected chi connectivity index (χ1v) is 7.73. The van der Waals surface area contributed by atoms with E-state index in [1.165, 1.54) is 0 Å². The van der Waals surface area contributed by atoms with Gasteiger partial charge in [0.15, 0.2) is 12.4 Å². The van der Waals surface area contributed by atoms with Crippen molar-refractivity contribution in [1.82, 2.24) is 20.0 Å². The molecule has 116 valence electrons. The Morgan fingerprint density at radius 3 is 2.81 bits per heavy atom. The standard InChI is InChI=1S/C15H24N4O2/c1-10-15(11(2)18(3)17-10)21-9-14(20)19-12-4-5-13(19)8-16-7-6-12/h12-13,16H,4-9H2,1-3H3. The van der Waals surface area contributed by atoms with Gasteiger partial charge in [-0.05, 0) is 39.7 Å². The number of aromatic nitrogens is 2. The number of rotatable bonds is 3. The number of carbonyl (C=O) groups is 1. The van der Waals surface area contributed by atoms with Crippen LogP contribution in [-0.2, 0) is 11.8 Å². The second kappa shape index (κ2) is 5.67. The van der Waals surface area contributed by atoms with E-state index in [1.807, 2.05) is 20.9 Å². The maximum absolute atomic E-state index is 12.6. The van der Waals surface area contributed by atoms with Gasteiger partial charge in [0.2, 0.25) is 0 Å². The average molecular weight is 292 g/mol. The molecule has 21 heavy (non-hydrogen) atoms. The van der Waals surface area contributed by atoms with Crippen molar-refractivity contribution in [2.45, 2.75) is 45.2 Å². The van der Waals surface area contributed by atoms with E-state index in [-0.39, 0.29) is 12.5 Å². The molecule has 0 aliphatic carbocycles. The van der Waals surface area contributed by atoms with Crippen molar-refractivity contribution in [2.24, 2.45) is 7.05 Å². The minimum absolute atomic E-state index is 0.105. The zero-order chi connectivity index (χ0) is 15.0. The molecule has 1 aromatic heterocycles. The number of hydrogen-bond acceptors (Lipinski definition) is 4. The predicted octanol–water partition coefficient (Wildman–Crippen LogP) is 0.769. The monoisotopic (exact) mass is 292 g/mol. The molecule has 2 bridgehead atoms. The van der Waals surface area contributed by atoms with Crippen LogP contribution < -0.4 is 10.1 Å². The van der Waals surface area contributed by atoms with E-state index < -0.39 is 0 Å². The van der Waals surface area contributed by atoms with E-state index in [0.29, 0.717) is 12.1 Å². The minimum Gasteiger partial charge on any atom is -0.480 e. The van der Waals surface area contributed by atoms with Crippen molar-refractivity contribution < 1.29 is 9.53 Å². The van der Waals surface area contributed by atoms with Gasteiger partial charge < -0.3 is 15.0 Å². The quantitative estimate of drug-likeness (QED) is 0.894. The minimum atomic E-state index is 0.105. The van der Waals surface area contributed by atoms with Crippen LogP contribution in [0.3, 0.4) is 0 Å². The Bertz CT molecular complexity index is 526. The Morgan fingerprint density at radius 1 is 1.33 bits per heavy atom. The SMILES string of the molecule is Cc1nn(C)c(C)c1OCC(=O)N1C2CCNCC1CC2. The van der Waals surface area contributed by atoms with Crippen LogP contribution in [0, 0.1) is 13.8 Å². The van der Waals surface area contributed by atoms with Crippen LogP contribution >= 0.6 is 0 Å². The highest BCUT2D eigenvalue weighted by atomic mass is 16.5. The van der Waals surface area contributed by atoms with Crippen LogP contribution in [-0.4, -0.2) is 52.4 Å². The normalized spacial score (nSPS) is 25.0. The van der Waals surface area contributed by atoms with Crippen molar-refractivity contribution in [3.8, 4) is 5.75 Å². The van der Waals surface area contributed by atoms with E-state index in [9.17, 15) is 4.79 Å². The van der Waals surface area contributed by atoms with Crippen molar-refractivity contribution in [1.29, 1.82) is 0 Å². The van der Waals surface area contributed by atoms with E-state index >= 15 is 0 Å². The van der Waals surface area contributed by atoms with E-state index in [0.717, 1.165) is 49.5 Å². The topological polar surface area (TPSA) is 59.4 Å². The van der Waals surface area contributed by atoms with Crippen LogP contribution in [0.4, 0.5) is 0 Å².